The van der Waals surface area contributed by atoms with Crippen LogP contribution in [0, 0.1) is 6.92 Å². The number of nitrogens with zero attached hydrogens (tertiary/aromatic N) is 1. The molecule has 2 atom stereocenters. The Hall–Kier alpha value is -0.840. The van der Waals surface area contributed by atoms with Crippen molar-refractivity contribution in [3.63, 3.8) is 0 Å². The summed E-state index contributed by atoms with van der Waals surface area (Å²) in [5.41, 5.74) is 0.641. The largest absolute Gasteiger partial charge is 0.438 e. The minimum absolute atomic E-state index is 0.156. The zero-order valence-corrected chi connectivity index (χ0v) is 11.5. The smallest absolute Gasteiger partial charge is 0.289 e. The molecule has 1 amide bonds. The maximum absolute atomic E-state index is 12.0. The molecule has 1 aromatic heterocycles. The summed E-state index contributed by atoms with van der Waals surface area (Å²) in [4.78, 5) is 16.3. The molecule has 1 aliphatic carbocycles. The summed E-state index contributed by atoms with van der Waals surface area (Å²) in [6, 6.07) is 0.189. The van der Waals surface area contributed by atoms with Crippen molar-refractivity contribution in [2.45, 2.75) is 49.9 Å². The topological polar surface area (TPSA) is 55.1 Å². The Kier molecular flexibility index (Phi) is 4.20. The Morgan fingerprint density at radius 3 is 2.94 bits per heavy atom. The van der Waals surface area contributed by atoms with Crippen molar-refractivity contribution >= 4 is 21.8 Å². The minimum atomic E-state index is -0.156. The lowest BCUT2D eigenvalue weighted by Gasteiger charge is -2.20. The van der Waals surface area contributed by atoms with Gasteiger partial charge in [0.25, 0.3) is 5.91 Å². The van der Waals surface area contributed by atoms with Crippen molar-refractivity contribution in [2.75, 3.05) is 0 Å². The summed E-state index contributed by atoms with van der Waals surface area (Å²) >= 11 is 3.65. The van der Waals surface area contributed by atoms with Crippen molar-refractivity contribution in [1.29, 1.82) is 0 Å². The van der Waals surface area contributed by atoms with Gasteiger partial charge < -0.3 is 9.73 Å². The van der Waals surface area contributed by atoms with Crippen LogP contribution < -0.4 is 5.32 Å². The van der Waals surface area contributed by atoms with E-state index in [-0.39, 0.29) is 11.9 Å². The van der Waals surface area contributed by atoms with Crippen LogP contribution in [0.5, 0.6) is 0 Å². The lowest BCUT2D eigenvalue weighted by atomic mass is 10.1. The lowest BCUT2D eigenvalue weighted by molar-refractivity contribution is 0.0906. The van der Waals surface area contributed by atoms with E-state index in [0.29, 0.717) is 16.3 Å². The molecule has 0 bridgehead atoms. The van der Waals surface area contributed by atoms with Crippen LogP contribution in [0.15, 0.2) is 10.8 Å². The molecule has 94 valence electrons. The van der Waals surface area contributed by atoms with Gasteiger partial charge in [-0.05, 0) is 19.8 Å². The molecule has 1 heterocycles. The van der Waals surface area contributed by atoms with Gasteiger partial charge in [-0.3, -0.25) is 4.79 Å². The van der Waals surface area contributed by atoms with Crippen molar-refractivity contribution in [3.8, 4) is 0 Å². The first kappa shape index (κ1) is 12.6. The monoisotopic (exact) mass is 300 g/mol. The molecule has 2 rings (SSSR count). The van der Waals surface area contributed by atoms with Crippen molar-refractivity contribution in [2.24, 2.45) is 0 Å². The van der Waals surface area contributed by atoms with E-state index in [1.807, 2.05) is 0 Å². The van der Waals surface area contributed by atoms with Gasteiger partial charge in [-0.2, -0.15) is 0 Å². The SMILES string of the molecule is Cc1ncoc1C(=O)NC1CCCCCC1Br. The molecule has 4 nitrogen and oxygen atoms in total. The fourth-order valence-corrected chi connectivity index (χ4v) is 2.90. The van der Waals surface area contributed by atoms with Crippen LogP contribution in [-0.2, 0) is 0 Å². The number of carbonyl (C=O) groups excluding carboxylic acids is 1. The summed E-state index contributed by atoms with van der Waals surface area (Å²) in [5, 5.41) is 3.03. The third-order valence-electron chi connectivity index (χ3n) is 3.20. The summed E-state index contributed by atoms with van der Waals surface area (Å²) in [5.74, 6) is 0.172. The average Bonchev–Trinajstić information content (AvgIpc) is 2.63. The molecule has 1 N–H and O–H groups in total. The molecule has 1 aromatic rings. The first-order chi connectivity index (χ1) is 8.18. The summed E-state index contributed by atoms with van der Waals surface area (Å²) in [6.45, 7) is 1.77. The van der Waals surface area contributed by atoms with Crippen LogP contribution >= 0.6 is 15.9 Å². The first-order valence-electron chi connectivity index (χ1n) is 6.03. The highest BCUT2D eigenvalue weighted by Crippen LogP contribution is 2.24. The van der Waals surface area contributed by atoms with Gasteiger partial charge in [0.2, 0.25) is 5.76 Å². The van der Waals surface area contributed by atoms with Gasteiger partial charge in [0.15, 0.2) is 6.39 Å². The molecule has 0 aromatic carbocycles. The van der Waals surface area contributed by atoms with Gasteiger partial charge in [-0.15, -0.1) is 0 Å². The fourth-order valence-electron chi connectivity index (χ4n) is 2.18. The zero-order valence-electron chi connectivity index (χ0n) is 9.91. The Labute approximate surface area is 109 Å². The van der Waals surface area contributed by atoms with Gasteiger partial charge in [0.05, 0.1) is 5.69 Å². The highest BCUT2D eigenvalue weighted by molar-refractivity contribution is 9.09. The number of aromatic nitrogens is 1. The van der Waals surface area contributed by atoms with E-state index in [4.69, 9.17) is 4.42 Å². The van der Waals surface area contributed by atoms with Crippen LogP contribution in [0.1, 0.15) is 48.4 Å². The molecular weight excluding hydrogens is 284 g/mol. The molecule has 1 aliphatic rings. The van der Waals surface area contributed by atoms with Gasteiger partial charge in [-0.25, -0.2) is 4.98 Å². The number of halogens is 1. The molecular formula is C12H17BrN2O2. The second-order valence-electron chi connectivity index (χ2n) is 4.50. The van der Waals surface area contributed by atoms with Gasteiger partial charge in [-0.1, -0.05) is 35.2 Å². The number of rotatable bonds is 2. The minimum Gasteiger partial charge on any atom is -0.438 e. The van der Waals surface area contributed by atoms with E-state index in [9.17, 15) is 4.79 Å². The highest BCUT2D eigenvalue weighted by Gasteiger charge is 2.25. The van der Waals surface area contributed by atoms with Gasteiger partial charge in [0.1, 0.15) is 0 Å². The number of nitrogens with one attached hydrogen (secondary N) is 1. The molecule has 0 aliphatic heterocycles. The Morgan fingerprint density at radius 1 is 1.47 bits per heavy atom. The van der Waals surface area contributed by atoms with Crippen molar-refractivity contribution < 1.29 is 9.21 Å². The van der Waals surface area contributed by atoms with Crippen LogP contribution in [-0.4, -0.2) is 21.8 Å². The predicted molar refractivity (Wildman–Crippen MR) is 68.3 cm³/mol. The van der Waals surface area contributed by atoms with E-state index in [1.54, 1.807) is 6.92 Å². The zero-order chi connectivity index (χ0) is 12.3. The molecule has 17 heavy (non-hydrogen) atoms. The van der Waals surface area contributed by atoms with Gasteiger partial charge >= 0.3 is 0 Å². The second kappa shape index (κ2) is 5.67. The number of carbonyl (C=O) groups is 1. The second-order valence-corrected chi connectivity index (χ2v) is 5.68. The summed E-state index contributed by atoms with van der Waals surface area (Å²) in [6.07, 6.45) is 7.08. The molecule has 0 spiro atoms. The van der Waals surface area contributed by atoms with Crippen molar-refractivity contribution in [3.05, 3.63) is 17.8 Å². The maximum Gasteiger partial charge on any atom is 0.289 e. The number of alkyl halides is 1. The third-order valence-corrected chi connectivity index (χ3v) is 4.30. The Morgan fingerprint density at radius 2 is 2.24 bits per heavy atom. The highest BCUT2D eigenvalue weighted by atomic mass is 79.9. The molecule has 2 unspecified atom stereocenters. The Bertz CT molecular complexity index is 392. The van der Waals surface area contributed by atoms with Crippen LogP contribution in [0.4, 0.5) is 0 Å². The molecule has 0 radical (unpaired) electrons. The number of hydrogen-bond donors (Lipinski definition) is 1. The quantitative estimate of drug-likeness (QED) is 0.675. The predicted octanol–water partition coefficient (Wildman–Crippen LogP) is 2.81. The van der Waals surface area contributed by atoms with E-state index in [0.717, 1.165) is 12.8 Å². The normalized spacial score (nSPS) is 25.3. The van der Waals surface area contributed by atoms with Gasteiger partial charge in [0, 0.05) is 10.9 Å². The number of aryl methyl sites for hydroxylation is 1. The molecule has 0 saturated heterocycles. The van der Waals surface area contributed by atoms with Crippen LogP contribution in [0.3, 0.4) is 0 Å². The van der Waals surface area contributed by atoms with Crippen LogP contribution in [0.25, 0.3) is 0 Å². The van der Waals surface area contributed by atoms with E-state index >= 15 is 0 Å². The third kappa shape index (κ3) is 3.09. The van der Waals surface area contributed by atoms with E-state index in [1.165, 1.54) is 25.7 Å². The molecule has 1 saturated carbocycles. The number of oxazole rings is 1. The summed E-state index contributed by atoms with van der Waals surface area (Å²) < 4.78 is 5.10. The Balaban J connectivity index is 2.00. The maximum atomic E-state index is 12.0. The van der Waals surface area contributed by atoms with E-state index in [2.05, 4.69) is 26.2 Å². The fraction of sp³-hybridized carbons (Fsp3) is 0.667. The van der Waals surface area contributed by atoms with Crippen LogP contribution in [0.2, 0.25) is 0 Å². The average molecular weight is 301 g/mol. The summed E-state index contributed by atoms with van der Waals surface area (Å²) in [7, 11) is 0. The number of amides is 1. The molecule has 5 heteroatoms. The first-order valence-corrected chi connectivity index (χ1v) is 6.95. The molecule has 1 fully saturated rings. The standard InChI is InChI=1S/C12H17BrN2O2/c1-8-11(17-7-14-8)12(16)15-10-6-4-2-3-5-9(10)13/h7,9-10H,2-6H2,1H3,(H,15,16). The lowest BCUT2D eigenvalue weighted by Crippen LogP contribution is -2.40. The van der Waals surface area contributed by atoms with Crippen molar-refractivity contribution in [1.82, 2.24) is 10.3 Å². The van der Waals surface area contributed by atoms with E-state index < -0.39 is 0 Å². The number of hydrogen-bond acceptors (Lipinski definition) is 3.